The molecule has 1 N–H and O–H groups in total. The lowest BCUT2D eigenvalue weighted by atomic mass is 10.1. The van der Waals surface area contributed by atoms with Crippen LogP contribution in [0.4, 0.5) is 18.2 Å². The molecule has 0 unspecified atom stereocenters. The summed E-state index contributed by atoms with van der Waals surface area (Å²) in [4.78, 5) is 34.3. The molecule has 10 heteroatoms. The maximum atomic E-state index is 12.3. The second-order valence-electron chi connectivity index (χ2n) is 3.92. The van der Waals surface area contributed by atoms with E-state index in [0.29, 0.717) is 11.3 Å². The van der Waals surface area contributed by atoms with Gasteiger partial charge >= 0.3 is 24.0 Å². The van der Waals surface area contributed by atoms with Crippen molar-refractivity contribution < 1.29 is 37.0 Å². The monoisotopic (exact) mass is 339 g/mol. The van der Waals surface area contributed by atoms with Gasteiger partial charge in [-0.3, -0.25) is 4.79 Å². The zero-order chi connectivity index (χ0) is 17.1. The van der Waals surface area contributed by atoms with Crippen LogP contribution in [0.25, 0.3) is 0 Å². The van der Waals surface area contributed by atoms with Crippen LogP contribution in [0.2, 0.25) is 0 Å². The average Bonchev–Trinajstić information content (AvgIpc) is 2.74. The van der Waals surface area contributed by atoms with Crippen LogP contribution >= 0.6 is 11.3 Å². The first-order valence-corrected chi connectivity index (χ1v) is 6.72. The van der Waals surface area contributed by atoms with Crippen LogP contribution in [0.15, 0.2) is 0 Å². The second-order valence-corrected chi connectivity index (χ2v) is 4.94. The lowest BCUT2D eigenvalue weighted by molar-refractivity contribution is -0.167. The number of thiophene rings is 1. The molecule has 1 aromatic heterocycles. The fourth-order valence-electron chi connectivity index (χ4n) is 1.51. The molecule has 0 bridgehead atoms. The Morgan fingerprint density at radius 1 is 1.23 bits per heavy atom. The quantitative estimate of drug-likeness (QED) is 0.853. The van der Waals surface area contributed by atoms with Crippen LogP contribution in [-0.2, 0) is 14.3 Å². The molecule has 1 heterocycles. The summed E-state index contributed by atoms with van der Waals surface area (Å²) in [5.41, 5.74) is -0.224. The summed E-state index contributed by atoms with van der Waals surface area (Å²) in [5.74, 6) is -4.03. The molecule has 122 valence electrons. The number of hydrogen-bond donors (Lipinski definition) is 1. The van der Waals surface area contributed by atoms with Gasteiger partial charge in [0.1, 0.15) is 9.88 Å². The number of esters is 2. The summed E-state index contributed by atoms with van der Waals surface area (Å²) in [7, 11) is 1.08. The van der Waals surface area contributed by atoms with Crippen LogP contribution in [0.3, 0.4) is 0 Å². The van der Waals surface area contributed by atoms with Crippen molar-refractivity contribution in [3.63, 3.8) is 0 Å². The van der Waals surface area contributed by atoms with Crippen molar-refractivity contribution in [2.24, 2.45) is 0 Å². The molecule has 1 rings (SSSR count). The molecule has 0 aliphatic rings. The number of amides is 1. The molecule has 1 amide bonds. The molecule has 22 heavy (non-hydrogen) atoms. The van der Waals surface area contributed by atoms with Gasteiger partial charge in [0.15, 0.2) is 0 Å². The fraction of sp³-hybridized carbons (Fsp3) is 0.417. The maximum absolute atomic E-state index is 12.3. The van der Waals surface area contributed by atoms with E-state index in [4.69, 9.17) is 4.74 Å². The number of anilines is 1. The summed E-state index contributed by atoms with van der Waals surface area (Å²) in [6.45, 7) is 2.83. The van der Waals surface area contributed by atoms with E-state index < -0.39 is 29.0 Å². The number of halogens is 3. The van der Waals surface area contributed by atoms with Gasteiger partial charge in [-0.1, -0.05) is 0 Å². The summed E-state index contributed by atoms with van der Waals surface area (Å²) >= 11 is 0.510. The maximum Gasteiger partial charge on any atom is 0.471 e. The smallest absolute Gasteiger partial charge is 0.465 e. The normalized spacial score (nSPS) is 11.0. The number of hydrogen-bond acceptors (Lipinski definition) is 6. The van der Waals surface area contributed by atoms with Crippen molar-refractivity contribution in [3.8, 4) is 0 Å². The molecule has 6 nitrogen and oxygen atoms in total. The number of nitrogens with one attached hydrogen (secondary N) is 1. The first-order valence-electron chi connectivity index (χ1n) is 5.90. The highest BCUT2D eigenvalue weighted by Crippen LogP contribution is 2.35. The van der Waals surface area contributed by atoms with E-state index in [0.717, 1.165) is 7.11 Å². The summed E-state index contributed by atoms with van der Waals surface area (Å²) in [5, 5.41) is 1.16. The van der Waals surface area contributed by atoms with E-state index in [9.17, 15) is 27.6 Å². The minimum absolute atomic E-state index is 0.0195. The molecule has 0 atom stereocenters. The molecule has 0 aliphatic carbocycles. The van der Waals surface area contributed by atoms with Gasteiger partial charge in [0.05, 0.1) is 19.3 Å². The molecule has 0 aromatic carbocycles. The van der Waals surface area contributed by atoms with Crippen LogP contribution in [0.5, 0.6) is 0 Å². The third-order valence-corrected chi connectivity index (χ3v) is 3.67. The Kier molecular flexibility index (Phi) is 5.53. The van der Waals surface area contributed by atoms with Gasteiger partial charge in [0.2, 0.25) is 0 Å². The van der Waals surface area contributed by atoms with Gasteiger partial charge in [0, 0.05) is 0 Å². The Balaban J connectivity index is 3.32. The van der Waals surface area contributed by atoms with Crippen molar-refractivity contribution in [3.05, 3.63) is 16.0 Å². The molecule has 1 aromatic rings. The van der Waals surface area contributed by atoms with E-state index in [-0.39, 0.29) is 22.6 Å². The predicted molar refractivity (Wildman–Crippen MR) is 71.0 cm³/mol. The van der Waals surface area contributed by atoms with E-state index >= 15 is 0 Å². The highest BCUT2D eigenvalue weighted by atomic mass is 32.1. The predicted octanol–water partition coefficient (Wildman–Crippen LogP) is 2.52. The van der Waals surface area contributed by atoms with Crippen LogP contribution in [0.1, 0.15) is 32.5 Å². The Labute approximate surface area is 127 Å². The molecule has 0 saturated heterocycles. The van der Waals surface area contributed by atoms with Gasteiger partial charge in [-0.2, -0.15) is 13.2 Å². The van der Waals surface area contributed by atoms with E-state index in [1.54, 1.807) is 5.32 Å². The van der Waals surface area contributed by atoms with Crippen molar-refractivity contribution in [1.29, 1.82) is 0 Å². The minimum Gasteiger partial charge on any atom is -0.465 e. The van der Waals surface area contributed by atoms with Crippen molar-refractivity contribution >= 4 is 34.2 Å². The summed E-state index contributed by atoms with van der Waals surface area (Å²) in [6, 6.07) is 0. The van der Waals surface area contributed by atoms with Crippen LogP contribution in [-0.4, -0.2) is 37.7 Å². The lowest BCUT2D eigenvalue weighted by Crippen LogP contribution is -2.30. The molecule has 0 saturated carbocycles. The highest BCUT2D eigenvalue weighted by molar-refractivity contribution is 7.18. The molecule has 0 spiro atoms. The standard InChI is InChI=1S/C12H12F3NO5S/c1-4-21-9(17)6-5(2)7(10(18)20-3)22-8(6)16-11(19)12(13,14)15/h4H2,1-3H3,(H,16,19). The number of carbonyl (C=O) groups is 3. The number of methoxy groups -OCH3 is 1. The Morgan fingerprint density at radius 2 is 1.82 bits per heavy atom. The van der Waals surface area contributed by atoms with Gasteiger partial charge in [-0.05, 0) is 19.4 Å². The lowest BCUT2D eigenvalue weighted by Gasteiger charge is -2.08. The fourth-order valence-corrected chi connectivity index (χ4v) is 2.62. The molecule has 0 radical (unpaired) electrons. The number of ether oxygens (including phenoxy) is 2. The molecule has 0 aliphatic heterocycles. The molecule has 0 fully saturated rings. The molecular weight excluding hydrogens is 327 g/mol. The van der Waals surface area contributed by atoms with E-state index in [1.165, 1.54) is 13.8 Å². The average molecular weight is 339 g/mol. The number of rotatable bonds is 4. The largest absolute Gasteiger partial charge is 0.471 e. The Bertz CT molecular complexity index is 609. The van der Waals surface area contributed by atoms with E-state index in [1.807, 2.05) is 0 Å². The van der Waals surface area contributed by atoms with Crippen molar-refractivity contribution in [2.45, 2.75) is 20.0 Å². The minimum atomic E-state index is -5.13. The molecular formula is C12H12F3NO5S. The Morgan fingerprint density at radius 3 is 2.27 bits per heavy atom. The van der Waals surface area contributed by atoms with Gasteiger partial charge in [0.25, 0.3) is 0 Å². The third-order valence-electron chi connectivity index (χ3n) is 2.48. The van der Waals surface area contributed by atoms with Gasteiger partial charge < -0.3 is 14.8 Å². The SMILES string of the molecule is CCOC(=O)c1c(NC(=O)C(F)(F)F)sc(C(=O)OC)c1C. The third kappa shape index (κ3) is 3.75. The summed E-state index contributed by atoms with van der Waals surface area (Å²) in [6.07, 6.45) is -5.13. The van der Waals surface area contributed by atoms with Gasteiger partial charge in [-0.25, -0.2) is 9.59 Å². The second kappa shape index (κ2) is 6.77. The zero-order valence-corrected chi connectivity index (χ0v) is 12.6. The zero-order valence-electron chi connectivity index (χ0n) is 11.8. The summed E-state index contributed by atoms with van der Waals surface area (Å²) < 4.78 is 46.2. The van der Waals surface area contributed by atoms with Crippen LogP contribution in [0, 0.1) is 6.92 Å². The van der Waals surface area contributed by atoms with Gasteiger partial charge in [-0.15, -0.1) is 11.3 Å². The highest BCUT2D eigenvalue weighted by Gasteiger charge is 2.40. The number of carbonyl (C=O) groups excluding carboxylic acids is 3. The Hall–Kier alpha value is -2.10. The van der Waals surface area contributed by atoms with Crippen LogP contribution < -0.4 is 5.32 Å². The first kappa shape index (κ1) is 18.0. The van der Waals surface area contributed by atoms with Crippen molar-refractivity contribution in [1.82, 2.24) is 0 Å². The van der Waals surface area contributed by atoms with Crippen molar-refractivity contribution in [2.75, 3.05) is 19.0 Å². The topological polar surface area (TPSA) is 81.7 Å². The van der Waals surface area contributed by atoms with E-state index in [2.05, 4.69) is 4.74 Å². The first-order chi connectivity index (χ1) is 10.1. The number of alkyl halides is 3.